The first-order valence-electron chi connectivity index (χ1n) is 11.9. The van der Waals surface area contributed by atoms with Crippen LogP contribution in [0.2, 0.25) is 5.02 Å². The number of hydrogen-bond acceptors (Lipinski definition) is 6. The summed E-state index contributed by atoms with van der Waals surface area (Å²) >= 11 is 13.5. The van der Waals surface area contributed by atoms with Crippen LogP contribution in [0.15, 0.2) is 91.3 Å². The van der Waals surface area contributed by atoms with E-state index in [2.05, 4.69) is 69.4 Å². The number of fused-ring (bicyclic) bond motifs is 1. The Bertz CT molecular complexity index is 1530. The highest BCUT2D eigenvalue weighted by molar-refractivity contribution is 7.73. The van der Waals surface area contributed by atoms with Gasteiger partial charge >= 0.3 is 0 Å². The van der Waals surface area contributed by atoms with Gasteiger partial charge in [-0.15, -0.1) is 0 Å². The molecule has 2 aromatic heterocycles. The molecular formula is C28H24ClN5S2. The summed E-state index contributed by atoms with van der Waals surface area (Å²) in [5.74, 6) is 0.966. The molecule has 1 aliphatic rings. The van der Waals surface area contributed by atoms with Gasteiger partial charge in [0.2, 0.25) is 0 Å². The lowest BCUT2D eigenvalue weighted by Gasteiger charge is -2.40. The molecule has 0 N–H and O–H groups in total. The first kappa shape index (κ1) is 23.3. The molecule has 36 heavy (non-hydrogen) atoms. The van der Waals surface area contributed by atoms with Crippen molar-refractivity contribution in [3.63, 3.8) is 0 Å². The number of benzene rings is 3. The zero-order valence-corrected chi connectivity index (χ0v) is 21.9. The first-order valence-corrected chi connectivity index (χ1v) is 13.5. The maximum atomic E-state index is 6.19. The predicted octanol–water partition coefficient (Wildman–Crippen LogP) is 6.78. The zero-order chi connectivity index (χ0) is 24.5. The minimum Gasteiger partial charge on any atom is -0.353 e. The van der Waals surface area contributed by atoms with Gasteiger partial charge in [-0.2, -0.15) is 0 Å². The van der Waals surface area contributed by atoms with Crippen LogP contribution in [0.5, 0.6) is 0 Å². The van der Waals surface area contributed by atoms with Crippen molar-refractivity contribution in [3.05, 3.63) is 111 Å². The summed E-state index contributed by atoms with van der Waals surface area (Å²) in [5.41, 5.74) is 4.43. The third kappa shape index (κ3) is 4.44. The van der Waals surface area contributed by atoms with E-state index in [-0.39, 0.29) is 6.04 Å². The summed E-state index contributed by atoms with van der Waals surface area (Å²) in [6.07, 6.45) is 1.66. The van der Waals surface area contributed by atoms with E-state index in [1.165, 1.54) is 11.1 Å². The van der Waals surface area contributed by atoms with Crippen LogP contribution in [0.1, 0.15) is 17.2 Å². The van der Waals surface area contributed by atoms with Crippen LogP contribution < -0.4 is 4.90 Å². The molecule has 1 unspecified atom stereocenters. The molecule has 5 aromatic rings. The highest BCUT2D eigenvalue weighted by atomic mass is 35.5. The Kier molecular flexibility index (Phi) is 6.54. The molecule has 1 fully saturated rings. The molecule has 0 amide bonds. The van der Waals surface area contributed by atoms with Crippen molar-refractivity contribution in [2.24, 2.45) is 0 Å². The predicted molar refractivity (Wildman–Crippen MR) is 151 cm³/mol. The van der Waals surface area contributed by atoms with Crippen LogP contribution in [0.25, 0.3) is 16.0 Å². The topological polar surface area (TPSA) is 37.2 Å². The van der Waals surface area contributed by atoms with Gasteiger partial charge in [0.25, 0.3) is 0 Å². The fourth-order valence-electron chi connectivity index (χ4n) is 4.94. The minimum absolute atomic E-state index is 0.178. The van der Waals surface area contributed by atoms with Crippen LogP contribution >= 0.6 is 35.2 Å². The molecule has 5 nitrogen and oxygen atoms in total. The van der Waals surface area contributed by atoms with Gasteiger partial charge in [0, 0.05) is 36.9 Å². The third-order valence-corrected chi connectivity index (χ3v) is 8.26. The molecule has 0 aliphatic carbocycles. The van der Waals surface area contributed by atoms with Gasteiger partial charge in [0.15, 0.2) is 15.4 Å². The number of anilines is 1. The molecule has 1 atom stereocenters. The number of thiazole rings is 1. The summed E-state index contributed by atoms with van der Waals surface area (Å²) in [4.78, 5) is 14.2. The van der Waals surface area contributed by atoms with E-state index in [1.807, 2.05) is 34.9 Å². The van der Waals surface area contributed by atoms with Crippen LogP contribution in [0.3, 0.4) is 0 Å². The Morgan fingerprint density at radius 3 is 2.11 bits per heavy atom. The van der Waals surface area contributed by atoms with E-state index in [9.17, 15) is 0 Å². The number of nitrogens with zero attached hydrogens (tertiary/aromatic N) is 5. The van der Waals surface area contributed by atoms with E-state index in [1.54, 1.807) is 17.7 Å². The van der Waals surface area contributed by atoms with Crippen LogP contribution in [-0.4, -0.2) is 45.6 Å². The molecule has 0 saturated carbocycles. The fourth-order valence-corrected chi connectivity index (χ4v) is 6.48. The van der Waals surface area contributed by atoms with Gasteiger partial charge < -0.3 is 4.90 Å². The second kappa shape index (κ2) is 10.1. The lowest BCUT2D eigenvalue weighted by Crippen LogP contribution is -2.48. The summed E-state index contributed by atoms with van der Waals surface area (Å²) < 4.78 is 3.86. The molecule has 1 saturated heterocycles. The lowest BCUT2D eigenvalue weighted by molar-refractivity contribution is 0.212. The summed E-state index contributed by atoms with van der Waals surface area (Å²) in [5, 5.41) is 0.757. The fraction of sp³-hybridized carbons (Fsp3) is 0.179. The second-order valence-electron chi connectivity index (χ2n) is 8.78. The Balaban J connectivity index is 1.29. The van der Waals surface area contributed by atoms with Crippen molar-refractivity contribution in [2.45, 2.75) is 6.04 Å². The van der Waals surface area contributed by atoms with E-state index >= 15 is 0 Å². The molecule has 0 spiro atoms. The van der Waals surface area contributed by atoms with Crippen LogP contribution in [0.4, 0.5) is 5.82 Å². The van der Waals surface area contributed by atoms with Gasteiger partial charge in [0.1, 0.15) is 11.0 Å². The molecule has 0 radical (unpaired) electrons. The van der Waals surface area contributed by atoms with Gasteiger partial charge in [-0.3, -0.25) is 9.47 Å². The van der Waals surface area contributed by atoms with Crippen LogP contribution in [-0.2, 0) is 0 Å². The Labute approximate surface area is 224 Å². The largest absolute Gasteiger partial charge is 0.353 e. The molecule has 1 aliphatic heterocycles. The van der Waals surface area contributed by atoms with E-state index in [0.717, 1.165) is 57.0 Å². The quantitative estimate of drug-likeness (QED) is 0.235. The van der Waals surface area contributed by atoms with E-state index in [0.29, 0.717) is 0 Å². The van der Waals surface area contributed by atoms with Gasteiger partial charge in [0.05, 0.1) is 6.04 Å². The Morgan fingerprint density at radius 2 is 1.42 bits per heavy atom. The number of rotatable bonds is 5. The molecule has 8 heteroatoms. The smallest absolute Gasteiger partial charge is 0.168 e. The number of piperazine rings is 1. The maximum Gasteiger partial charge on any atom is 0.168 e. The number of hydrogen-bond donors (Lipinski definition) is 0. The standard InChI is InChI=1S/C28H24ClN5S2/c29-22-13-11-21(12-14-22)24(20-7-3-1-4-8-20)32-15-17-33(18-16-32)26-25-27(31-19-30-26)34(28(35)36-25)23-9-5-2-6-10-23/h1-14,19,24H,15-18H2. The first-order chi connectivity index (χ1) is 17.7. The average molecular weight is 530 g/mol. The van der Waals surface area contributed by atoms with Crippen molar-refractivity contribution in [3.8, 4) is 5.69 Å². The minimum atomic E-state index is 0.178. The van der Waals surface area contributed by atoms with Crippen molar-refractivity contribution in [1.29, 1.82) is 0 Å². The van der Waals surface area contributed by atoms with Gasteiger partial charge in [-0.1, -0.05) is 83.6 Å². The summed E-state index contributed by atoms with van der Waals surface area (Å²) in [6.45, 7) is 3.58. The SMILES string of the molecule is S=c1sc2c(N3CCN(C(c4ccccc4)c4ccc(Cl)cc4)CC3)ncnc2n1-c1ccccc1. The van der Waals surface area contributed by atoms with Crippen molar-refractivity contribution >= 4 is 51.3 Å². The lowest BCUT2D eigenvalue weighted by atomic mass is 9.96. The van der Waals surface area contributed by atoms with E-state index < -0.39 is 0 Å². The molecule has 3 heterocycles. The molecule has 3 aromatic carbocycles. The summed E-state index contributed by atoms with van der Waals surface area (Å²) in [7, 11) is 0. The molecular weight excluding hydrogens is 506 g/mol. The molecule has 180 valence electrons. The van der Waals surface area contributed by atoms with Crippen LogP contribution in [0, 0.1) is 3.95 Å². The molecule has 6 rings (SSSR count). The normalized spacial score (nSPS) is 15.3. The van der Waals surface area contributed by atoms with Crippen molar-refractivity contribution < 1.29 is 0 Å². The third-order valence-electron chi connectivity index (χ3n) is 6.64. The molecule has 0 bridgehead atoms. The summed E-state index contributed by atoms with van der Waals surface area (Å²) in [6, 6.07) is 29.3. The van der Waals surface area contributed by atoms with Crippen molar-refractivity contribution in [2.75, 3.05) is 31.1 Å². The Hall–Kier alpha value is -3.10. The maximum absolute atomic E-state index is 6.19. The number of para-hydroxylation sites is 1. The van der Waals surface area contributed by atoms with Crippen molar-refractivity contribution in [1.82, 2.24) is 19.4 Å². The van der Waals surface area contributed by atoms with E-state index in [4.69, 9.17) is 28.8 Å². The number of aromatic nitrogens is 3. The van der Waals surface area contributed by atoms with Gasteiger partial charge in [-0.25, -0.2) is 9.97 Å². The Morgan fingerprint density at radius 1 is 0.778 bits per heavy atom. The highest BCUT2D eigenvalue weighted by Crippen LogP contribution is 2.34. The monoisotopic (exact) mass is 529 g/mol. The zero-order valence-electron chi connectivity index (χ0n) is 19.5. The van der Waals surface area contributed by atoms with Gasteiger partial charge in [-0.05, 0) is 47.6 Å². The second-order valence-corrected chi connectivity index (χ2v) is 10.9. The number of halogens is 1. The highest BCUT2D eigenvalue weighted by Gasteiger charge is 2.28. The average Bonchev–Trinajstić information content (AvgIpc) is 3.27.